The van der Waals surface area contributed by atoms with E-state index in [-0.39, 0.29) is 34.1 Å². The molecular weight excluding hydrogens is 454 g/mol. The van der Waals surface area contributed by atoms with E-state index in [1.54, 1.807) is 6.07 Å². The number of rotatable bonds is 9. The number of anilines is 1. The maximum absolute atomic E-state index is 12.2. The number of hydrogen-bond acceptors (Lipinski definition) is 8. The van der Waals surface area contributed by atoms with Crippen molar-refractivity contribution in [1.29, 1.82) is 0 Å². The van der Waals surface area contributed by atoms with Gasteiger partial charge in [-0.1, -0.05) is 49.3 Å². The topological polar surface area (TPSA) is 104 Å². The van der Waals surface area contributed by atoms with Gasteiger partial charge in [-0.15, -0.1) is 10.2 Å². The first-order valence-corrected chi connectivity index (χ1v) is 11.1. The summed E-state index contributed by atoms with van der Waals surface area (Å²) in [6, 6.07) is 12.4. The molecule has 10 heteroatoms. The highest BCUT2D eigenvalue weighted by Crippen LogP contribution is 2.23. The van der Waals surface area contributed by atoms with Crippen LogP contribution in [0.25, 0.3) is 0 Å². The largest absolute Gasteiger partial charge is 0.484 e. The third-order valence-corrected chi connectivity index (χ3v) is 5.49. The first kappa shape index (κ1) is 23.6. The molecule has 0 spiro atoms. The predicted octanol–water partition coefficient (Wildman–Crippen LogP) is 4.94. The average molecular weight is 476 g/mol. The molecule has 0 saturated carbocycles. The van der Waals surface area contributed by atoms with E-state index in [4.69, 9.17) is 20.8 Å². The Balaban J connectivity index is 1.48. The molecule has 0 bridgehead atoms. The Hall–Kier alpha value is -3.04. The van der Waals surface area contributed by atoms with Gasteiger partial charge in [0, 0.05) is 5.69 Å². The molecule has 8 nitrogen and oxygen atoms in total. The zero-order valence-corrected chi connectivity index (χ0v) is 19.3. The number of carbonyl (C=O) groups is 2. The van der Waals surface area contributed by atoms with Crippen LogP contribution in [0.2, 0.25) is 5.02 Å². The number of esters is 1. The normalized spacial score (nSPS) is 10.8. The molecule has 3 aromatic rings. The second kappa shape index (κ2) is 11.0. The van der Waals surface area contributed by atoms with E-state index in [9.17, 15) is 9.59 Å². The Labute approximate surface area is 194 Å². The first-order chi connectivity index (χ1) is 15.4. The molecular formula is C22H22ClN3O5S. The average Bonchev–Trinajstić information content (AvgIpc) is 3.25. The van der Waals surface area contributed by atoms with E-state index in [2.05, 4.69) is 34.1 Å². The monoisotopic (exact) mass is 475 g/mol. The smallest absolute Gasteiger partial charge is 0.339 e. The van der Waals surface area contributed by atoms with Gasteiger partial charge in [-0.25, -0.2) is 4.79 Å². The van der Waals surface area contributed by atoms with Crippen molar-refractivity contribution in [3.8, 4) is 5.75 Å². The molecule has 2 aromatic carbocycles. The third-order valence-electron chi connectivity index (χ3n) is 4.34. The highest BCUT2D eigenvalue weighted by Gasteiger charge is 2.14. The lowest BCUT2D eigenvalue weighted by Gasteiger charge is -2.07. The maximum Gasteiger partial charge on any atom is 0.339 e. The zero-order valence-electron chi connectivity index (χ0n) is 17.8. The SMILES string of the molecule is COC(=O)c1cc(NC(=O)CSc2nnc(COc3ccc(C(C)C)cc3)o2)ccc1Cl. The van der Waals surface area contributed by atoms with Gasteiger partial charge in [-0.05, 0) is 41.8 Å². The number of aromatic nitrogens is 2. The molecule has 0 atom stereocenters. The van der Waals surface area contributed by atoms with Crippen molar-refractivity contribution in [2.75, 3.05) is 18.2 Å². The van der Waals surface area contributed by atoms with Gasteiger partial charge in [0.05, 0.1) is 23.4 Å². The molecule has 0 fully saturated rings. The molecule has 0 aliphatic rings. The fraction of sp³-hybridized carbons (Fsp3) is 0.273. The number of hydrogen-bond donors (Lipinski definition) is 1. The zero-order chi connectivity index (χ0) is 23.1. The van der Waals surface area contributed by atoms with Gasteiger partial charge in [0.15, 0.2) is 6.61 Å². The fourth-order valence-corrected chi connectivity index (χ4v) is 3.42. The van der Waals surface area contributed by atoms with Crippen LogP contribution < -0.4 is 10.1 Å². The van der Waals surface area contributed by atoms with Crippen LogP contribution in [-0.4, -0.2) is 34.9 Å². The number of thioether (sulfide) groups is 1. The van der Waals surface area contributed by atoms with Crippen molar-refractivity contribution in [3.63, 3.8) is 0 Å². The van der Waals surface area contributed by atoms with E-state index in [0.717, 1.165) is 11.8 Å². The van der Waals surface area contributed by atoms with Crippen LogP contribution in [0.15, 0.2) is 52.1 Å². The first-order valence-electron chi connectivity index (χ1n) is 9.71. The van der Waals surface area contributed by atoms with Gasteiger partial charge < -0.3 is 19.2 Å². The number of nitrogens with zero attached hydrogens (tertiary/aromatic N) is 2. The highest BCUT2D eigenvalue weighted by atomic mass is 35.5. The van der Waals surface area contributed by atoms with Crippen molar-refractivity contribution in [2.45, 2.75) is 31.6 Å². The highest BCUT2D eigenvalue weighted by molar-refractivity contribution is 7.99. The van der Waals surface area contributed by atoms with Gasteiger partial charge in [0.25, 0.3) is 11.1 Å². The van der Waals surface area contributed by atoms with Crippen LogP contribution >= 0.6 is 23.4 Å². The third kappa shape index (κ3) is 6.48. The lowest BCUT2D eigenvalue weighted by molar-refractivity contribution is -0.113. The molecule has 1 heterocycles. The summed E-state index contributed by atoms with van der Waals surface area (Å²) < 4.78 is 15.8. The molecule has 0 saturated heterocycles. The molecule has 1 aromatic heterocycles. The summed E-state index contributed by atoms with van der Waals surface area (Å²) in [6.45, 7) is 4.38. The van der Waals surface area contributed by atoms with Gasteiger partial charge in [0.1, 0.15) is 5.75 Å². The molecule has 0 unspecified atom stereocenters. The summed E-state index contributed by atoms with van der Waals surface area (Å²) in [5.41, 5.74) is 1.82. The number of carbonyl (C=O) groups excluding carboxylic acids is 2. The van der Waals surface area contributed by atoms with Crippen LogP contribution in [0.1, 0.15) is 41.6 Å². The minimum atomic E-state index is -0.586. The van der Waals surface area contributed by atoms with Gasteiger partial charge in [-0.3, -0.25) is 4.79 Å². The lowest BCUT2D eigenvalue weighted by atomic mass is 10.0. The van der Waals surface area contributed by atoms with Crippen LogP contribution in [0, 0.1) is 0 Å². The minimum absolute atomic E-state index is 0.0370. The maximum atomic E-state index is 12.2. The Kier molecular flexibility index (Phi) is 8.13. The molecule has 0 aliphatic carbocycles. The van der Waals surface area contributed by atoms with Gasteiger partial charge >= 0.3 is 5.97 Å². The van der Waals surface area contributed by atoms with E-state index in [0.29, 0.717) is 23.2 Å². The van der Waals surface area contributed by atoms with Crippen molar-refractivity contribution >= 4 is 40.9 Å². The Morgan fingerprint density at radius 2 is 1.91 bits per heavy atom. The minimum Gasteiger partial charge on any atom is -0.484 e. The van der Waals surface area contributed by atoms with E-state index in [1.165, 1.54) is 24.8 Å². The molecule has 0 radical (unpaired) electrons. The summed E-state index contributed by atoms with van der Waals surface area (Å²) in [7, 11) is 1.26. The molecule has 168 valence electrons. The number of ether oxygens (including phenoxy) is 2. The molecule has 32 heavy (non-hydrogen) atoms. The van der Waals surface area contributed by atoms with Crippen LogP contribution in [0.4, 0.5) is 5.69 Å². The summed E-state index contributed by atoms with van der Waals surface area (Å²) in [4.78, 5) is 23.9. The van der Waals surface area contributed by atoms with Crippen LogP contribution in [0.5, 0.6) is 5.75 Å². The van der Waals surface area contributed by atoms with Crippen molar-refractivity contribution in [2.24, 2.45) is 0 Å². The summed E-state index contributed by atoms with van der Waals surface area (Å²) in [5.74, 6) is 0.601. The molecule has 0 aliphatic heterocycles. The van der Waals surface area contributed by atoms with Crippen molar-refractivity contribution in [3.05, 3.63) is 64.5 Å². The number of methoxy groups -OCH3 is 1. The van der Waals surface area contributed by atoms with Gasteiger partial charge in [0.2, 0.25) is 5.91 Å². The Morgan fingerprint density at radius 3 is 2.59 bits per heavy atom. The number of amides is 1. The van der Waals surface area contributed by atoms with E-state index < -0.39 is 5.97 Å². The van der Waals surface area contributed by atoms with E-state index in [1.807, 2.05) is 24.3 Å². The quantitative estimate of drug-likeness (QED) is 0.342. The lowest BCUT2D eigenvalue weighted by Crippen LogP contribution is -2.14. The summed E-state index contributed by atoms with van der Waals surface area (Å²) in [6.07, 6.45) is 0. The second-order valence-corrected chi connectivity index (χ2v) is 8.33. The van der Waals surface area contributed by atoms with E-state index >= 15 is 0 Å². The number of benzene rings is 2. The fourth-order valence-electron chi connectivity index (χ4n) is 2.64. The predicted molar refractivity (Wildman–Crippen MR) is 121 cm³/mol. The van der Waals surface area contributed by atoms with Gasteiger partial charge in [-0.2, -0.15) is 0 Å². The van der Waals surface area contributed by atoms with Crippen molar-refractivity contribution in [1.82, 2.24) is 10.2 Å². The summed E-state index contributed by atoms with van der Waals surface area (Å²) in [5, 5.41) is 11.0. The molecule has 3 rings (SSSR count). The van der Waals surface area contributed by atoms with Crippen molar-refractivity contribution < 1.29 is 23.5 Å². The number of halogens is 1. The summed E-state index contributed by atoms with van der Waals surface area (Å²) >= 11 is 7.07. The molecule has 1 N–H and O–H groups in total. The van der Waals surface area contributed by atoms with Crippen LogP contribution in [0.3, 0.4) is 0 Å². The second-order valence-electron chi connectivity index (χ2n) is 7.00. The van der Waals surface area contributed by atoms with Crippen LogP contribution in [-0.2, 0) is 16.1 Å². The number of nitrogens with one attached hydrogen (secondary N) is 1. The molecule has 1 amide bonds. The Bertz CT molecular complexity index is 1090. The Morgan fingerprint density at radius 1 is 1.16 bits per heavy atom. The standard InChI is InChI=1S/C22H22ClN3O5S/c1-13(2)14-4-7-16(8-5-14)30-11-20-25-26-22(31-20)32-12-19(27)24-15-6-9-18(23)17(10-15)21(28)29-3/h4-10,13H,11-12H2,1-3H3,(H,24,27).